The number of aromatic nitrogens is 2. The standard InChI is InChI=1S/C16H15N3O3/c1-10-2-7-14-13(8-10)17-16(21)19(14)9-11-3-5-12(6-4-11)15(20)18-22/h2-8,22H,9H2,1H3,(H,17,21)(H,18,20). The van der Waals surface area contributed by atoms with Gasteiger partial charge in [0.2, 0.25) is 0 Å². The van der Waals surface area contributed by atoms with E-state index in [1.807, 2.05) is 25.1 Å². The Labute approximate surface area is 126 Å². The number of hydrogen-bond donors (Lipinski definition) is 3. The van der Waals surface area contributed by atoms with Gasteiger partial charge in [0.1, 0.15) is 0 Å². The molecule has 22 heavy (non-hydrogen) atoms. The molecule has 112 valence electrons. The van der Waals surface area contributed by atoms with E-state index < -0.39 is 5.91 Å². The Morgan fingerprint density at radius 2 is 1.95 bits per heavy atom. The third-order valence-electron chi connectivity index (χ3n) is 3.59. The van der Waals surface area contributed by atoms with Crippen LogP contribution in [0.3, 0.4) is 0 Å². The van der Waals surface area contributed by atoms with E-state index in [0.717, 1.165) is 22.2 Å². The third-order valence-corrected chi connectivity index (χ3v) is 3.59. The van der Waals surface area contributed by atoms with Crippen LogP contribution in [0.2, 0.25) is 0 Å². The number of aromatic amines is 1. The average molecular weight is 297 g/mol. The third kappa shape index (κ3) is 2.51. The molecule has 2 aromatic carbocycles. The van der Waals surface area contributed by atoms with Gasteiger partial charge in [-0.05, 0) is 42.3 Å². The van der Waals surface area contributed by atoms with Gasteiger partial charge in [0.05, 0.1) is 17.6 Å². The molecule has 0 bridgehead atoms. The Morgan fingerprint density at radius 3 is 2.64 bits per heavy atom. The molecule has 0 fully saturated rings. The molecule has 0 atom stereocenters. The van der Waals surface area contributed by atoms with E-state index in [1.54, 1.807) is 34.3 Å². The second kappa shape index (κ2) is 5.50. The summed E-state index contributed by atoms with van der Waals surface area (Å²) in [6, 6.07) is 12.5. The molecule has 0 unspecified atom stereocenters. The summed E-state index contributed by atoms with van der Waals surface area (Å²) in [5, 5.41) is 8.59. The smallest absolute Gasteiger partial charge is 0.306 e. The van der Waals surface area contributed by atoms with Gasteiger partial charge in [0.15, 0.2) is 0 Å². The summed E-state index contributed by atoms with van der Waals surface area (Å²) in [5.41, 5.74) is 5.39. The van der Waals surface area contributed by atoms with Crippen molar-refractivity contribution in [1.29, 1.82) is 0 Å². The van der Waals surface area contributed by atoms with Crippen LogP contribution >= 0.6 is 0 Å². The van der Waals surface area contributed by atoms with Crippen LogP contribution in [0.15, 0.2) is 47.3 Å². The van der Waals surface area contributed by atoms with Crippen LogP contribution in [-0.4, -0.2) is 20.7 Å². The average Bonchev–Trinajstić information content (AvgIpc) is 2.82. The maximum atomic E-state index is 12.1. The van der Waals surface area contributed by atoms with Crippen molar-refractivity contribution in [2.45, 2.75) is 13.5 Å². The lowest BCUT2D eigenvalue weighted by atomic mass is 10.1. The Hall–Kier alpha value is -2.86. The predicted octanol–water partition coefficient (Wildman–Crippen LogP) is 1.81. The number of carbonyl (C=O) groups excluding carboxylic acids is 1. The van der Waals surface area contributed by atoms with Crippen LogP contribution in [-0.2, 0) is 6.54 Å². The normalized spacial score (nSPS) is 10.8. The Balaban J connectivity index is 1.95. The van der Waals surface area contributed by atoms with Crippen molar-refractivity contribution in [2.24, 2.45) is 0 Å². The van der Waals surface area contributed by atoms with Crippen molar-refractivity contribution in [2.75, 3.05) is 0 Å². The van der Waals surface area contributed by atoms with Gasteiger partial charge in [-0.3, -0.25) is 14.6 Å². The van der Waals surface area contributed by atoms with E-state index in [1.165, 1.54) is 0 Å². The van der Waals surface area contributed by atoms with Gasteiger partial charge in [0, 0.05) is 5.56 Å². The van der Waals surface area contributed by atoms with Crippen LogP contribution < -0.4 is 11.2 Å². The number of hydroxylamine groups is 1. The number of carbonyl (C=O) groups is 1. The van der Waals surface area contributed by atoms with Crippen LogP contribution in [0.25, 0.3) is 11.0 Å². The number of aryl methyl sites for hydroxylation is 1. The van der Waals surface area contributed by atoms with Crippen molar-refractivity contribution in [3.05, 3.63) is 69.6 Å². The Kier molecular flexibility index (Phi) is 3.52. The summed E-state index contributed by atoms with van der Waals surface area (Å²) in [6.07, 6.45) is 0. The Bertz CT molecular complexity index is 891. The first-order valence-corrected chi connectivity index (χ1v) is 6.81. The molecule has 1 heterocycles. The largest absolute Gasteiger partial charge is 0.326 e. The molecule has 6 nitrogen and oxygen atoms in total. The fourth-order valence-corrected chi connectivity index (χ4v) is 2.44. The van der Waals surface area contributed by atoms with Crippen molar-refractivity contribution >= 4 is 16.9 Å². The minimum Gasteiger partial charge on any atom is -0.306 e. The number of nitrogens with one attached hydrogen (secondary N) is 2. The SMILES string of the molecule is Cc1ccc2c(c1)[nH]c(=O)n2Cc1ccc(C(=O)NO)cc1. The topological polar surface area (TPSA) is 87.1 Å². The molecule has 0 saturated carbocycles. The van der Waals surface area contributed by atoms with Gasteiger partial charge in [-0.15, -0.1) is 0 Å². The molecule has 1 amide bonds. The minimum atomic E-state index is -0.564. The highest BCUT2D eigenvalue weighted by molar-refractivity contribution is 5.93. The van der Waals surface area contributed by atoms with E-state index in [9.17, 15) is 9.59 Å². The molecule has 6 heteroatoms. The maximum absolute atomic E-state index is 12.1. The van der Waals surface area contributed by atoms with Gasteiger partial charge in [0.25, 0.3) is 5.91 Å². The van der Waals surface area contributed by atoms with Crippen LogP contribution in [0, 0.1) is 6.92 Å². The lowest BCUT2D eigenvalue weighted by Crippen LogP contribution is -2.19. The van der Waals surface area contributed by atoms with Crippen LogP contribution in [0.4, 0.5) is 0 Å². The number of benzene rings is 2. The molecular formula is C16H15N3O3. The van der Waals surface area contributed by atoms with Gasteiger partial charge < -0.3 is 4.98 Å². The number of fused-ring (bicyclic) bond motifs is 1. The van der Waals surface area contributed by atoms with Gasteiger partial charge in [-0.2, -0.15) is 0 Å². The quantitative estimate of drug-likeness (QED) is 0.509. The van der Waals surface area contributed by atoms with Crippen molar-refractivity contribution in [3.8, 4) is 0 Å². The summed E-state index contributed by atoms with van der Waals surface area (Å²) in [7, 11) is 0. The zero-order valence-corrected chi connectivity index (χ0v) is 12.0. The molecule has 0 aliphatic carbocycles. The summed E-state index contributed by atoms with van der Waals surface area (Å²) in [4.78, 5) is 26.2. The van der Waals surface area contributed by atoms with Crippen LogP contribution in [0.5, 0.6) is 0 Å². The molecule has 0 spiro atoms. The zero-order chi connectivity index (χ0) is 15.7. The van der Waals surface area contributed by atoms with E-state index in [-0.39, 0.29) is 5.69 Å². The molecule has 3 rings (SSSR count). The second-order valence-corrected chi connectivity index (χ2v) is 5.17. The molecular weight excluding hydrogens is 282 g/mol. The lowest BCUT2D eigenvalue weighted by molar-refractivity contribution is 0.0706. The zero-order valence-electron chi connectivity index (χ0n) is 12.0. The molecule has 0 aliphatic heterocycles. The van der Waals surface area contributed by atoms with E-state index >= 15 is 0 Å². The first-order valence-electron chi connectivity index (χ1n) is 6.81. The first kappa shape index (κ1) is 14.1. The predicted molar refractivity (Wildman–Crippen MR) is 82.1 cm³/mol. The monoisotopic (exact) mass is 297 g/mol. The molecule has 3 aromatic rings. The summed E-state index contributed by atoms with van der Waals surface area (Å²) < 4.78 is 1.65. The van der Waals surface area contributed by atoms with E-state index in [0.29, 0.717) is 12.1 Å². The number of hydrogen-bond acceptors (Lipinski definition) is 3. The molecule has 3 N–H and O–H groups in total. The number of imidazole rings is 1. The van der Waals surface area contributed by atoms with Gasteiger partial charge >= 0.3 is 5.69 Å². The highest BCUT2D eigenvalue weighted by atomic mass is 16.5. The van der Waals surface area contributed by atoms with Crippen molar-refractivity contribution < 1.29 is 10.0 Å². The molecule has 1 aromatic heterocycles. The molecule has 0 saturated heterocycles. The molecule has 0 radical (unpaired) electrons. The van der Waals surface area contributed by atoms with Crippen molar-refractivity contribution in [1.82, 2.24) is 15.0 Å². The number of amides is 1. The highest BCUT2D eigenvalue weighted by Gasteiger charge is 2.08. The summed E-state index contributed by atoms with van der Waals surface area (Å²) >= 11 is 0. The van der Waals surface area contributed by atoms with Crippen molar-refractivity contribution in [3.63, 3.8) is 0 Å². The number of rotatable bonds is 3. The fourth-order valence-electron chi connectivity index (χ4n) is 2.44. The first-order chi connectivity index (χ1) is 10.6. The number of H-pyrrole nitrogens is 1. The maximum Gasteiger partial charge on any atom is 0.326 e. The van der Waals surface area contributed by atoms with E-state index in [2.05, 4.69) is 4.98 Å². The van der Waals surface area contributed by atoms with E-state index in [4.69, 9.17) is 5.21 Å². The Morgan fingerprint density at radius 1 is 1.23 bits per heavy atom. The van der Waals surface area contributed by atoms with Gasteiger partial charge in [-0.1, -0.05) is 18.2 Å². The second-order valence-electron chi connectivity index (χ2n) is 5.17. The lowest BCUT2D eigenvalue weighted by Gasteiger charge is -2.05. The molecule has 0 aliphatic rings. The van der Waals surface area contributed by atoms with Gasteiger partial charge in [-0.25, -0.2) is 10.3 Å². The summed E-state index contributed by atoms with van der Waals surface area (Å²) in [5.74, 6) is -0.564. The number of nitrogens with zero attached hydrogens (tertiary/aromatic N) is 1. The highest BCUT2D eigenvalue weighted by Crippen LogP contribution is 2.14. The summed E-state index contributed by atoms with van der Waals surface area (Å²) in [6.45, 7) is 2.38. The van der Waals surface area contributed by atoms with Crippen LogP contribution in [0.1, 0.15) is 21.5 Å². The minimum absolute atomic E-state index is 0.169. The fraction of sp³-hybridized carbons (Fsp3) is 0.125.